The number of halogens is 1. The quantitative estimate of drug-likeness (QED) is 0.0922. The fourth-order valence-corrected chi connectivity index (χ4v) is 5.65. The fourth-order valence-electron chi connectivity index (χ4n) is 5.22. The number of carbonyl (C=O) groups excluding carboxylic acids is 6. The lowest BCUT2D eigenvalue weighted by Crippen LogP contribution is -3.11. The summed E-state index contributed by atoms with van der Waals surface area (Å²) in [7, 11) is -5.65. The molecule has 2 aliphatic rings. The summed E-state index contributed by atoms with van der Waals surface area (Å²) in [5.74, 6) is -5.37. The molecule has 20 nitrogen and oxygen atoms in total. The topological polar surface area (TPSA) is 262 Å². The lowest BCUT2D eigenvalue weighted by atomic mass is 9.95. The first-order valence-corrected chi connectivity index (χ1v) is 17.8. The van der Waals surface area contributed by atoms with Gasteiger partial charge in [0.15, 0.2) is 30.8 Å². The zero-order chi connectivity index (χ0) is 39.9. The van der Waals surface area contributed by atoms with Crippen LogP contribution in [0.1, 0.15) is 62.3 Å². The van der Waals surface area contributed by atoms with E-state index in [9.17, 15) is 38.2 Å². The van der Waals surface area contributed by atoms with Crippen LogP contribution in [-0.4, -0.2) is 135 Å². The predicted octanol–water partition coefficient (Wildman–Crippen LogP) is -2.01. The van der Waals surface area contributed by atoms with Crippen LogP contribution in [0.15, 0.2) is 0 Å². The lowest BCUT2D eigenvalue weighted by molar-refractivity contribution is -0.894. The van der Waals surface area contributed by atoms with Crippen LogP contribution in [0.4, 0.5) is 4.39 Å². The monoisotopic (exact) mass is 776 g/mol. The summed E-state index contributed by atoms with van der Waals surface area (Å²) >= 11 is 0. The Balaban J connectivity index is 0.00000174. The van der Waals surface area contributed by atoms with Crippen molar-refractivity contribution in [2.75, 3.05) is 32.8 Å². The smallest absolute Gasteiger partial charge is 0.303 e. The second kappa shape index (κ2) is 22.0. The van der Waals surface area contributed by atoms with E-state index in [0.29, 0.717) is 0 Å². The highest BCUT2D eigenvalue weighted by atomic mass is 31.2. The van der Waals surface area contributed by atoms with Gasteiger partial charge in [0, 0.05) is 41.5 Å². The van der Waals surface area contributed by atoms with Crippen LogP contribution < -0.4 is 15.1 Å². The molecule has 22 heteroatoms. The van der Waals surface area contributed by atoms with Gasteiger partial charge in [0.05, 0.1) is 19.6 Å². The van der Waals surface area contributed by atoms with Crippen LogP contribution in [0.5, 0.6) is 0 Å². The minimum Gasteiger partial charge on any atom is -0.756 e. The van der Waals surface area contributed by atoms with E-state index in [-0.39, 0.29) is 0 Å². The number of amides is 1. The molecule has 2 heterocycles. The van der Waals surface area contributed by atoms with E-state index in [1.54, 1.807) is 4.90 Å². The van der Waals surface area contributed by atoms with Crippen LogP contribution in [-0.2, 0) is 75.8 Å². The molecule has 300 valence electrons. The maximum atomic E-state index is 15.6. The largest absolute Gasteiger partial charge is 0.756 e. The normalized spacial score (nSPS) is 29.6. The van der Waals surface area contributed by atoms with Crippen molar-refractivity contribution in [2.45, 2.75) is 124 Å². The molecule has 0 aromatic heterocycles. The molecule has 1 unspecified atom stereocenters. The molecule has 11 atom stereocenters. The molecule has 3 N–H and O–H groups in total. The molecule has 2 aliphatic heterocycles. The van der Waals surface area contributed by atoms with E-state index in [4.69, 9.17) is 42.8 Å². The van der Waals surface area contributed by atoms with Gasteiger partial charge < -0.3 is 57.9 Å². The number of carbonyl (C=O) groups is 6. The number of hydrogen-bond donors (Lipinski definition) is 3. The second-order valence-electron chi connectivity index (χ2n) is 11.6. The van der Waals surface area contributed by atoms with Crippen molar-refractivity contribution < 1.29 is 94.8 Å². The minimum absolute atomic E-state index is 0.625. The van der Waals surface area contributed by atoms with Gasteiger partial charge in [-0.2, -0.15) is 0 Å². The molecule has 0 aromatic rings. The van der Waals surface area contributed by atoms with Crippen LogP contribution in [0.2, 0.25) is 0 Å². The van der Waals surface area contributed by atoms with E-state index in [2.05, 4.69) is 30.6 Å². The number of phosphoric ester groups is 1. The van der Waals surface area contributed by atoms with Gasteiger partial charge in [-0.05, 0) is 20.8 Å². The summed E-state index contributed by atoms with van der Waals surface area (Å²) in [4.78, 5) is 93.7. The number of hydrogen-bond acceptors (Lipinski definition) is 17. The highest BCUT2D eigenvalue weighted by Crippen LogP contribution is 2.40. The number of phosphoric acid groups is 1. The van der Waals surface area contributed by atoms with Gasteiger partial charge in [-0.15, -0.1) is 0 Å². The standard InChI is InChI=1S/C24H35FNO18P.C6H15N/c1-9(27)26-18-22(40-14(6)32)20(38-12(4)30)16(8-37-11(3)29)42-24(18)43-19-15(7-36-10(2)28)41-23(44-45(33,34)35)17(25)21(19)39-13(5)31;1-4-7(5-2)6-3/h15-24H,7-8H2,1-6H3,(H,26,27)(H2,33,34,35);4-6H2,1-3H3/t15-,16-,17-,18-,19-,20-,21-,22-,23-,24+;/m1./s1. The van der Waals surface area contributed by atoms with Crippen LogP contribution in [0, 0.1) is 0 Å². The number of alkyl halides is 1. The summed E-state index contributed by atoms with van der Waals surface area (Å²) < 4.78 is 74.0. The Morgan fingerprint density at radius 3 is 1.52 bits per heavy atom. The highest BCUT2D eigenvalue weighted by molar-refractivity contribution is 7.44. The summed E-state index contributed by atoms with van der Waals surface area (Å²) in [6.07, 6.45) is -17.2. The summed E-state index contributed by atoms with van der Waals surface area (Å²) in [5, 5.41) is 2.41. The molecule has 52 heavy (non-hydrogen) atoms. The SMILES string of the molecule is CC(=O)N[C@H]1[C@H](O[C@H]2[C@H](OC(C)=O)[C@@H](F)[C@@H](OP(=O)([O-])O)O[C@@H]2COC(C)=O)O[C@H](COC(C)=O)[C@@H](OC(C)=O)[C@@H]1OC(C)=O.CC[NH+](CC)CC. The van der Waals surface area contributed by atoms with Gasteiger partial charge in [0.2, 0.25) is 12.2 Å². The number of rotatable bonds is 15. The van der Waals surface area contributed by atoms with Crippen LogP contribution >= 0.6 is 7.82 Å². The molecule has 2 saturated heterocycles. The van der Waals surface area contributed by atoms with Crippen LogP contribution in [0.3, 0.4) is 0 Å². The number of nitrogens with one attached hydrogen (secondary N) is 2. The predicted molar refractivity (Wildman–Crippen MR) is 168 cm³/mol. The van der Waals surface area contributed by atoms with E-state index in [1.165, 1.54) is 19.6 Å². The maximum absolute atomic E-state index is 15.6. The molecule has 2 fully saturated rings. The first-order chi connectivity index (χ1) is 24.1. The van der Waals surface area contributed by atoms with Crippen molar-refractivity contribution in [2.24, 2.45) is 0 Å². The highest BCUT2D eigenvalue weighted by Gasteiger charge is 2.56. The Labute approximate surface area is 300 Å². The maximum Gasteiger partial charge on any atom is 0.303 e. The second-order valence-corrected chi connectivity index (χ2v) is 12.7. The molecule has 0 aromatic carbocycles. The van der Waals surface area contributed by atoms with Crippen molar-refractivity contribution in [3.8, 4) is 0 Å². The van der Waals surface area contributed by atoms with Gasteiger partial charge in [0.25, 0.3) is 7.82 Å². The Morgan fingerprint density at radius 1 is 0.712 bits per heavy atom. The van der Waals surface area contributed by atoms with Crippen molar-refractivity contribution in [3.63, 3.8) is 0 Å². The average molecular weight is 777 g/mol. The summed E-state index contributed by atoms with van der Waals surface area (Å²) in [5.41, 5.74) is 0. The Kier molecular flexibility index (Phi) is 19.8. The first kappa shape index (κ1) is 46.7. The molecule has 0 saturated carbocycles. The minimum atomic E-state index is -5.65. The lowest BCUT2D eigenvalue weighted by Gasteiger charge is -2.48. The van der Waals surface area contributed by atoms with Gasteiger partial charge in [-0.3, -0.25) is 37.9 Å². The van der Waals surface area contributed by atoms with E-state index in [1.807, 2.05) is 0 Å². The molecule has 0 spiro atoms. The van der Waals surface area contributed by atoms with E-state index >= 15 is 4.39 Å². The number of ether oxygens (including phenoxy) is 8. The van der Waals surface area contributed by atoms with Gasteiger partial charge in [-0.1, -0.05) is 0 Å². The molecular weight excluding hydrogens is 726 g/mol. The molecular formula is C30H50FN2O18P. The Morgan fingerprint density at radius 2 is 1.13 bits per heavy atom. The third-order valence-corrected chi connectivity index (χ3v) is 7.90. The number of quaternary nitrogens is 1. The molecule has 0 radical (unpaired) electrons. The first-order valence-electron chi connectivity index (χ1n) is 16.3. The third-order valence-electron chi connectivity index (χ3n) is 7.43. The molecule has 0 aliphatic carbocycles. The van der Waals surface area contributed by atoms with Crippen molar-refractivity contribution in [1.82, 2.24) is 5.32 Å². The summed E-state index contributed by atoms with van der Waals surface area (Å²) in [6.45, 7) is 15.0. The Hall–Kier alpha value is -3.30. The molecule has 2 rings (SSSR count). The number of esters is 5. The van der Waals surface area contributed by atoms with Gasteiger partial charge >= 0.3 is 29.8 Å². The fraction of sp³-hybridized carbons (Fsp3) is 0.800. The molecule has 1 amide bonds. The molecule has 0 bridgehead atoms. The van der Waals surface area contributed by atoms with E-state index < -0.39 is 118 Å². The zero-order valence-corrected chi connectivity index (χ0v) is 31.4. The van der Waals surface area contributed by atoms with Crippen LogP contribution in [0.25, 0.3) is 0 Å². The van der Waals surface area contributed by atoms with E-state index in [0.717, 1.165) is 41.5 Å². The van der Waals surface area contributed by atoms with Crippen molar-refractivity contribution in [3.05, 3.63) is 0 Å². The Bertz CT molecular complexity index is 1260. The third kappa shape index (κ3) is 16.2. The zero-order valence-electron chi connectivity index (χ0n) is 30.5. The average Bonchev–Trinajstić information content (AvgIpc) is 3.01. The van der Waals surface area contributed by atoms with Gasteiger partial charge in [-0.25, -0.2) is 4.39 Å². The van der Waals surface area contributed by atoms with Crippen molar-refractivity contribution in [1.29, 1.82) is 0 Å². The summed E-state index contributed by atoms with van der Waals surface area (Å²) in [6, 6.07) is -1.57. The van der Waals surface area contributed by atoms with Crippen molar-refractivity contribution >= 4 is 43.6 Å². The van der Waals surface area contributed by atoms with Gasteiger partial charge in [0.1, 0.15) is 37.6 Å².